The predicted octanol–water partition coefficient (Wildman–Crippen LogP) is 4.75. The van der Waals surface area contributed by atoms with E-state index in [0.717, 1.165) is 6.42 Å². The van der Waals surface area contributed by atoms with Crippen LogP contribution in [-0.2, 0) is 11.2 Å². The third-order valence-electron chi connectivity index (χ3n) is 3.66. The van der Waals surface area contributed by atoms with E-state index in [-0.39, 0.29) is 0 Å². The van der Waals surface area contributed by atoms with Crippen molar-refractivity contribution >= 4 is 12.1 Å². The number of rotatable bonds is 11. The van der Waals surface area contributed by atoms with Crippen LogP contribution in [0.25, 0.3) is 0 Å². The number of aldehydes is 1. The monoisotopic (exact) mass is 274 g/mol. The van der Waals surface area contributed by atoms with Gasteiger partial charge < -0.3 is 0 Å². The largest absolute Gasteiger partial charge is 0.294 e. The van der Waals surface area contributed by atoms with E-state index in [4.69, 9.17) is 0 Å². The predicted molar refractivity (Wildman–Crippen MR) is 83.2 cm³/mol. The number of hydrogen-bond donors (Lipinski definition) is 0. The molecule has 0 radical (unpaired) electrons. The lowest BCUT2D eigenvalue weighted by Crippen LogP contribution is -1.99. The van der Waals surface area contributed by atoms with Gasteiger partial charge in [0.05, 0.1) is 0 Å². The van der Waals surface area contributed by atoms with Gasteiger partial charge in [0.2, 0.25) is 5.78 Å². The average molecular weight is 274 g/mol. The third kappa shape index (κ3) is 6.65. The van der Waals surface area contributed by atoms with Gasteiger partial charge in [-0.1, -0.05) is 76.1 Å². The van der Waals surface area contributed by atoms with Crippen LogP contribution in [0, 0.1) is 0 Å². The van der Waals surface area contributed by atoms with E-state index in [2.05, 4.69) is 6.92 Å². The molecule has 0 aromatic heterocycles. The normalized spacial score (nSPS) is 10.4. The van der Waals surface area contributed by atoms with E-state index in [1.54, 1.807) is 12.1 Å². The highest BCUT2D eigenvalue weighted by Crippen LogP contribution is 2.12. The Morgan fingerprint density at radius 2 is 1.45 bits per heavy atom. The number of unbranched alkanes of at least 4 members (excludes halogenated alkanes) is 7. The number of aryl methyl sites for hydroxylation is 1. The third-order valence-corrected chi connectivity index (χ3v) is 3.66. The van der Waals surface area contributed by atoms with Gasteiger partial charge >= 0.3 is 0 Å². The van der Waals surface area contributed by atoms with Crippen molar-refractivity contribution in [2.75, 3.05) is 0 Å². The summed E-state index contributed by atoms with van der Waals surface area (Å²) in [5.41, 5.74) is 1.73. The molecule has 1 aromatic rings. The number of Topliss-reactive ketones (excluding diaryl/α,β-unsaturated/α-hetero) is 1. The molecule has 0 saturated heterocycles. The summed E-state index contributed by atoms with van der Waals surface area (Å²) >= 11 is 0. The molecule has 0 amide bonds. The SMILES string of the molecule is CCCCCCCCCCc1ccc(C(=O)C=O)cc1. The summed E-state index contributed by atoms with van der Waals surface area (Å²) in [5, 5.41) is 0. The summed E-state index contributed by atoms with van der Waals surface area (Å²) in [4.78, 5) is 21.5. The Hall–Kier alpha value is -1.44. The Kier molecular flexibility index (Phi) is 8.61. The summed E-state index contributed by atoms with van der Waals surface area (Å²) in [5.74, 6) is -0.441. The van der Waals surface area contributed by atoms with Crippen LogP contribution < -0.4 is 0 Å². The van der Waals surface area contributed by atoms with Gasteiger partial charge in [0, 0.05) is 5.56 Å². The summed E-state index contributed by atoms with van der Waals surface area (Å²) < 4.78 is 0. The fourth-order valence-corrected chi connectivity index (χ4v) is 2.37. The Labute approximate surface area is 122 Å². The summed E-state index contributed by atoms with van der Waals surface area (Å²) in [6.07, 6.45) is 12.0. The van der Waals surface area contributed by atoms with Crippen molar-refractivity contribution in [1.82, 2.24) is 0 Å². The van der Waals surface area contributed by atoms with Crippen molar-refractivity contribution in [2.24, 2.45) is 0 Å². The lowest BCUT2D eigenvalue weighted by atomic mass is 10.0. The molecular weight excluding hydrogens is 248 g/mol. The van der Waals surface area contributed by atoms with Crippen molar-refractivity contribution in [3.8, 4) is 0 Å². The van der Waals surface area contributed by atoms with Gasteiger partial charge in [0.1, 0.15) is 0 Å². The second kappa shape index (κ2) is 10.4. The summed E-state index contributed by atoms with van der Waals surface area (Å²) in [7, 11) is 0. The zero-order chi connectivity index (χ0) is 14.6. The standard InChI is InChI=1S/C18H26O2/c1-2-3-4-5-6-7-8-9-10-16-11-13-17(14-12-16)18(20)15-19/h11-15H,2-10H2,1H3. The second-order valence-corrected chi connectivity index (χ2v) is 5.40. The molecule has 1 aromatic carbocycles. The van der Waals surface area contributed by atoms with Crippen molar-refractivity contribution in [3.05, 3.63) is 35.4 Å². The lowest BCUT2D eigenvalue weighted by molar-refractivity contribution is -0.104. The highest BCUT2D eigenvalue weighted by molar-refractivity contribution is 6.33. The quantitative estimate of drug-likeness (QED) is 0.252. The molecule has 1 rings (SSSR count). The van der Waals surface area contributed by atoms with Crippen LogP contribution in [0.1, 0.15) is 74.2 Å². The summed E-state index contributed by atoms with van der Waals surface area (Å²) in [6.45, 7) is 2.24. The molecule has 0 atom stereocenters. The molecule has 0 spiro atoms. The first-order valence-corrected chi connectivity index (χ1v) is 7.86. The van der Waals surface area contributed by atoms with Gasteiger partial charge in [0.25, 0.3) is 0 Å². The molecule has 2 nitrogen and oxygen atoms in total. The van der Waals surface area contributed by atoms with Gasteiger partial charge in [-0.15, -0.1) is 0 Å². The molecule has 0 saturated carbocycles. The minimum atomic E-state index is -0.441. The second-order valence-electron chi connectivity index (χ2n) is 5.40. The zero-order valence-corrected chi connectivity index (χ0v) is 12.6. The molecule has 0 aliphatic heterocycles. The van der Waals surface area contributed by atoms with Gasteiger partial charge in [0.15, 0.2) is 6.29 Å². The molecule has 0 aliphatic rings. The average Bonchev–Trinajstić information content (AvgIpc) is 2.50. The maximum Gasteiger partial charge on any atom is 0.225 e. The zero-order valence-electron chi connectivity index (χ0n) is 12.6. The molecule has 110 valence electrons. The minimum Gasteiger partial charge on any atom is -0.294 e. The van der Waals surface area contributed by atoms with Crippen molar-refractivity contribution < 1.29 is 9.59 Å². The van der Waals surface area contributed by atoms with Crippen molar-refractivity contribution in [3.63, 3.8) is 0 Å². The van der Waals surface area contributed by atoms with E-state index in [0.29, 0.717) is 11.8 Å². The van der Waals surface area contributed by atoms with E-state index in [9.17, 15) is 9.59 Å². The fraction of sp³-hybridized carbons (Fsp3) is 0.556. The van der Waals surface area contributed by atoms with E-state index < -0.39 is 5.78 Å². The molecule has 0 unspecified atom stereocenters. The van der Waals surface area contributed by atoms with Crippen LogP contribution in [0.5, 0.6) is 0 Å². The van der Waals surface area contributed by atoms with Crippen LogP contribution in [0.4, 0.5) is 0 Å². The maximum absolute atomic E-state index is 11.2. The molecule has 0 heterocycles. The van der Waals surface area contributed by atoms with Crippen LogP contribution in [-0.4, -0.2) is 12.1 Å². The number of carbonyl (C=O) groups is 2. The number of benzene rings is 1. The Balaban J connectivity index is 2.13. The van der Waals surface area contributed by atoms with Gasteiger partial charge in [-0.05, 0) is 18.4 Å². The molecule has 0 N–H and O–H groups in total. The van der Waals surface area contributed by atoms with Crippen LogP contribution >= 0.6 is 0 Å². The highest BCUT2D eigenvalue weighted by atomic mass is 16.2. The first kappa shape index (κ1) is 16.6. The molecule has 0 fully saturated rings. The Morgan fingerprint density at radius 1 is 0.900 bits per heavy atom. The van der Waals surface area contributed by atoms with Crippen LogP contribution in [0.3, 0.4) is 0 Å². The first-order valence-electron chi connectivity index (χ1n) is 7.86. The Morgan fingerprint density at radius 3 is 2.00 bits per heavy atom. The lowest BCUT2D eigenvalue weighted by Gasteiger charge is -2.03. The number of ketones is 1. The topological polar surface area (TPSA) is 34.1 Å². The molecule has 0 aliphatic carbocycles. The highest BCUT2D eigenvalue weighted by Gasteiger charge is 2.03. The molecule has 0 bridgehead atoms. The molecule has 2 heteroatoms. The van der Waals surface area contributed by atoms with Gasteiger partial charge in [-0.25, -0.2) is 0 Å². The van der Waals surface area contributed by atoms with Crippen LogP contribution in [0.2, 0.25) is 0 Å². The van der Waals surface area contributed by atoms with E-state index >= 15 is 0 Å². The van der Waals surface area contributed by atoms with E-state index in [1.807, 2.05) is 12.1 Å². The maximum atomic E-state index is 11.2. The smallest absolute Gasteiger partial charge is 0.225 e. The molecule has 20 heavy (non-hydrogen) atoms. The van der Waals surface area contributed by atoms with E-state index in [1.165, 1.54) is 56.9 Å². The van der Waals surface area contributed by atoms with Crippen molar-refractivity contribution in [2.45, 2.75) is 64.7 Å². The van der Waals surface area contributed by atoms with Gasteiger partial charge in [-0.3, -0.25) is 9.59 Å². The van der Waals surface area contributed by atoms with Crippen LogP contribution in [0.15, 0.2) is 24.3 Å². The minimum absolute atomic E-state index is 0.369. The molecular formula is C18H26O2. The number of hydrogen-bond acceptors (Lipinski definition) is 2. The fourth-order valence-electron chi connectivity index (χ4n) is 2.37. The first-order chi connectivity index (χ1) is 9.77. The Bertz CT molecular complexity index is 392. The van der Waals surface area contributed by atoms with Gasteiger partial charge in [-0.2, -0.15) is 0 Å². The van der Waals surface area contributed by atoms with Crippen molar-refractivity contribution in [1.29, 1.82) is 0 Å². The summed E-state index contributed by atoms with van der Waals surface area (Å²) in [6, 6.07) is 7.41. The number of carbonyl (C=O) groups excluding carboxylic acids is 2.